The van der Waals surface area contributed by atoms with Gasteiger partial charge in [0, 0.05) is 55.7 Å². The third kappa shape index (κ3) is 30.2. The molecule has 420 valence electrons. The van der Waals surface area contributed by atoms with Gasteiger partial charge in [-0.3, -0.25) is 4.79 Å². The lowest BCUT2D eigenvalue weighted by atomic mass is 9.96. The van der Waals surface area contributed by atoms with Crippen molar-refractivity contribution in [1.29, 1.82) is 0 Å². The second-order valence-corrected chi connectivity index (χ2v) is 21.9. The van der Waals surface area contributed by atoms with Gasteiger partial charge in [-0.05, 0) is 82.8 Å². The molecule has 2 amide bonds. The van der Waals surface area contributed by atoms with Gasteiger partial charge in [0.15, 0.2) is 5.65 Å². The van der Waals surface area contributed by atoms with Gasteiger partial charge in [-0.25, -0.2) is 38.9 Å². The zero-order valence-corrected chi connectivity index (χ0v) is 47.1. The van der Waals surface area contributed by atoms with E-state index in [2.05, 4.69) is 42.1 Å². The van der Waals surface area contributed by atoms with Gasteiger partial charge in [0.25, 0.3) is 0 Å². The van der Waals surface area contributed by atoms with E-state index in [9.17, 15) is 28.8 Å². The molecule has 1 fully saturated rings. The number of thioether (sulfide) groups is 2. The summed E-state index contributed by atoms with van der Waals surface area (Å²) in [5, 5.41) is 31.0. The van der Waals surface area contributed by atoms with Crippen LogP contribution < -0.4 is 27.0 Å². The molecule has 0 spiro atoms. The number of hydrogen-bond acceptors (Lipinski definition) is 17. The maximum Gasteiger partial charge on any atom is 0.408 e. The summed E-state index contributed by atoms with van der Waals surface area (Å²) in [5.74, 6) is -0.158. The number of alkyl carbamates (subject to hydrolysis) is 2. The number of carbonyl (C=O) groups excluding carboxylic acids is 3. The predicted molar refractivity (Wildman–Crippen MR) is 306 cm³/mol. The van der Waals surface area contributed by atoms with Crippen molar-refractivity contribution in [2.24, 2.45) is 17.4 Å². The van der Waals surface area contributed by atoms with E-state index in [1.165, 1.54) is 11.8 Å². The van der Waals surface area contributed by atoms with Crippen LogP contribution in [0.5, 0.6) is 0 Å². The van der Waals surface area contributed by atoms with Crippen molar-refractivity contribution in [2.45, 2.75) is 76.6 Å². The number of aliphatic carboxylic acids is 3. The Bertz CT molecular complexity index is 2480. The predicted octanol–water partition coefficient (Wildman–Crippen LogP) is 7.66. The summed E-state index contributed by atoms with van der Waals surface area (Å²) in [6, 6.07) is 27.6. The topological polar surface area (TPSA) is 309 Å². The number of pyridine rings is 1. The number of carbonyl (C=O) groups is 6. The largest absolute Gasteiger partial charge is 0.480 e. The Morgan fingerprint density at radius 3 is 1.57 bits per heavy atom. The minimum absolute atomic E-state index is 0.127. The van der Waals surface area contributed by atoms with Crippen LogP contribution in [0.4, 0.5) is 20.1 Å². The molecule has 5 aromatic rings. The van der Waals surface area contributed by atoms with Crippen LogP contribution in [0, 0.1) is 5.92 Å². The molecule has 20 nitrogen and oxygen atoms in total. The third-order valence-corrected chi connectivity index (χ3v) is 13.0. The summed E-state index contributed by atoms with van der Waals surface area (Å²) in [4.78, 5) is 80.5. The van der Waals surface area contributed by atoms with E-state index in [0.29, 0.717) is 36.6 Å². The molecule has 2 aromatic heterocycles. The van der Waals surface area contributed by atoms with Gasteiger partial charge in [0.05, 0.1) is 18.2 Å². The number of anilines is 1. The summed E-state index contributed by atoms with van der Waals surface area (Å²) >= 11 is 8.10. The smallest absolute Gasteiger partial charge is 0.408 e. The molecule has 5 atom stereocenters. The fourth-order valence-corrected chi connectivity index (χ4v) is 8.44. The van der Waals surface area contributed by atoms with Crippen LogP contribution in [0.2, 0.25) is 0 Å². The van der Waals surface area contributed by atoms with Crippen molar-refractivity contribution in [3.63, 3.8) is 0 Å². The van der Waals surface area contributed by atoms with Crippen molar-refractivity contribution >= 4 is 98.4 Å². The number of nitrogens with two attached hydrogens (primary N) is 2. The van der Waals surface area contributed by atoms with Crippen LogP contribution >= 0.6 is 35.1 Å². The number of nitrogens with zero attached hydrogens (tertiary/aromatic N) is 4. The molecule has 0 saturated carbocycles. The monoisotopic (exact) mass is 1140 g/mol. The number of aromatic nitrogens is 3. The lowest BCUT2D eigenvalue weighted by Crippen LogP contribution is -2.46. The highest BCUT2D eigenvalue weighted by Crippen LogP contribution is 2.27. The number of amides is 2. The Labute approximate surface area is 466 Å². The molecule has 0 radical (unpaired) electrons. The van der Waals surface area contributed by atoms with E-state index >= 15 is 0 Å². The number of nitrogens with one attached hydrogen (secondary N) is 2. The number of benzene rings is 3. The van der Waals surface area contributed by atoms with Crippen LogP contribution in [0.1, 0.15) is 49.3 Å². The van der Waals surface area contributed by atoms with E-state index in [0.717, 1.165) is 58.9 Å². The molecule has 77 heavy (non-hydrogen) atoms. The number of carboxylic acids is 3. The number of ether oxygens (including phenoxy) is 3. The summed E-state index contributed by atoms with van der Waals surface area (Å²) in [5.41, 5.74) is 15.8. The summed E-state index contributed by atoms with van der Waals surface area (Å²) in [6.07, 6.45) is 14.1. The van der Waals surface area contributed by atoms with Crippen molar-refractivity contribution in [1.82, 2.24) is 25.6 Å². The number of piperidine rings is 1. The molecule has 1 aliphatic heterocycles. The van der Waals surface area contributed by atoms with Crippen molar-refractivity contribution in [3.05, 3.63) is 132 Å². The average Bonchev–Trinajstić information content (AvgIpc) is 3.41. The Balaban J connectivity index is 0.000000338. The molecule has 1 aliphatic rings. The van der Waals surface area contributed by atoms with Gasteiger partial charge in [-0.2, -0.15) is 23.5 Å². The zero-order valence-electron chi connectivity index (χ0n) is 43.9. The number of hydrogen-bond donors (Lipinski definition) is 7. The van der Waals surface area contributed by atoms with Gasteiger partial charge < -0.3 is 56.5 Å². The lowest BCUT2D eigenvalue weighted by Gasteiger charge is -2.36. The fourth-order valence-electron chi connectivity index (χ4n) is 6.72. The van der Waals surface area contributed by atoms with Crippen LogP contribution in [-0.2, 0) is 59.3 Å². The van der Waals surface area contributed by atoms with Gasteiger partial charge in [0.1, 0.15) is 49.2 Å². The van der Waals surface area contributed by atoms with Gasteiger partial charge >= 0.3 is 35.5 Å². The highest BCUT2D eigenvalue weighted by Gasteiger charge is 2.25. The number of fused-ring (bicyclic) bond motifs is 1. The zero-order chi connectivity index (χ0) is 57.0. The molecule has 0 bridgehead atoms. The average molecular weight is 1140 g/mol. The SMILES string of the molecule is CSCC[C@@H](N)C(=O)O.CSCC[C@@H](NC(=O)OCc1ccccc1)C(=O)O.C[C@H]1C[C@@H](N)CN(c2ccnc3nccnc23)C1.C[S+](C)CC[C@@H](NC(=O)OCc1ccccc1)C(=O)O.O=C(Cl)OCc1ccccc1. The Morgan fingerprint density at radius 1 is 0.675 bits per heavy atom. The van der Waals surface area contributed by atoms with Crippen molar-refractivity contribution < 1.29 is 58.3 Å². The maximum atomic E-state index is 11.6. The van der Waals surface area contributed by atoms with E-state index in [-0.39, 0.29) is 36.8 Å². The molecule has 0 aliphatic carbocycles. The molecule has 3 heterocycles. The van der Waals surface area contributed by atoms with E-state index in [1.807, 2.05) is 122 Å². The first-order valence-corrected chi connectivity index (χ1v) is 29.5. The molecule has 24 heteroatoms. The molecule has 0 unspecified atom stereocenters. The normalized spacial score (nSPS) is 14.5. The fraction of sp³-hybridized carbons (Fsp3) is 0.415. The second-order valence-electron chi connectivity index (χ2n) is 17.3. The van der Waals surface area contributed by atoms with Gasteiger partial charge in [0.2, 0.25) is 0 Å². The van der Waals surface area contributed by atoms with E-state index in [1.54, 1.807) is 30.4 Å². The second kappa shape index (κ2) is 39.1. The Hall–Kier alpha value is -6.37. The van der Waals surface area contributed by atoms with E-state index < -0.39 is 53.6 Å². The Morgan fingerprint density at radius 2 is 1.13 bits per heavy atom. The third-order valence-electron chi connectivity index (χ3n) is 10.6. The Kier molecular flexibility index (Phi) is 33.9. The first kappa shape index (κ1) is 66.7. The van der Waals surface area contributed by atoms with Crippen LogP contribution in [0.3, 0.4) is 0 Å². The van der Waals surface area contributed by atoms with Crippen LogP contribution in [0.15, 0.2) is 116 Å². The minimum atomic E-state index is -1.05. The van der Waals surface area contributed by atoms with Gasteiger partial charge in [-0.15, -0.1) is 0 Å². The molecular weight excluding hydrogens is 1070 g/mol. The van der Waals surface area contributed by atoms with Crippen LogP contribution in [-0.4, -0.2) is 145 Å². The highest BCUT2D eigenvalue weighted by atomic mass is 35.5. The molecular formula is C53H72ClN8O12S3+. The standard InChI is InChI=1S/C14H19NO4S.C13H17N5.C13H17NO4S.C8H7ClO2.C5H11NO2S/c1-20(2)9-8-12(13(16)17)15-14(18)19-10-11-6-4-3-5-7-11;1-9-6-10(14)8-18(7-9)11-2-3-16-13-12(11)15-4-5-17-13;1-19-8-7-11(12(15)16)14-13(17)18-9-10-5-3-2-4-6-10;9-8(10)11-6-7-4-2-1-3-5-7;1-9-3-2-4(6)5(7)8/h3-7,12H,8-10H2,1-2H3,(H-,15,16,17,18);2-5,9-10H,6-8,14H2,1H3;2-6,11H,7-9H2,1H3,(H,14,17)(H,15,16);1-5H,6H2;4H,2-3,6H2,1H3,(H,7,8)/p+1/t12-;9-,10+;11-;;4-/m101.1/s1. The minimum Gasteiger partial charge on any atom is -0.480 e. The maximum absolute atomic E-state index is 11.6. The quantitative estimate of drug-likeness (QED) is 0.0211. The molecule has 9 N–H and O–H groups in total. The number of rotatable bonds is 21. The summed E-state index contributed by atoms with van der Waals surface area (Å²) < 4.78 is 14.5. The van der Waals surface area contributed by atoms with Gasteiger partial charge in [-0.1, -0.05) is 97.9 Å². The molecule has 3 aromatic carbocycles. The van der Waals surface area contributed by atoms with E-state index in [4.69, 9.17) is 47.9 Å². The van der Waals surface area contributed by atoms with Crippen molar-refractivity contribution in [2.75, 3.05) is 60.3 Å². The van der Waals surface area contributed by atoms with Crippen molar-refractivity contribution in [3.8, 4) is 0 Å². The summed E-state index contributed by atoms with van der Waals surface area (Å²) in [7, 11) is 0.144. The van der Waals surface area contributed by atoms with Crippen LogP contribution in [0.25, 0.3) is 11.2 Å². The first-order valence-electron chi connectivity index (χ1n) is 24.2. The molecule has 6 rings (SSSR count). The first-order chi connectivity index (χ1) is 36.8. The number of carboxylic acid groups (broad SMARTS) is 3. The molecule has 1 saturated heterocycles. The highest BCUT2D eigenvalue weighted by molar-refractivity contribution is 7.98. The summed E-state index contributed by atoms with van der Waals surface area (Å²) in [6.45, 7) is 4.63. The number of halogens is 1. The lowest BCUT2D eigenvalue weighted by molar-refractivity contribution is -0.140.